The molecule has 0 heterocycles. The van der Waals surface area contributed by atoms with Crippen LogP contribution in [0, 0.1) is 0 Å². The molecular weight excluding hydrogens is 266 g/mol. The number of benzene rings is 2. The van der Waals surface area contributed by atoms with Crippen molar-refractivity contribution in [2.75, 3.05) is 0 Å². The van der Waals surface area contributed by atoms with E-state index in [9.17, 15) is 9.59 Å². The Morgan fingerprint density at radius 1 is 0.947 bits per heavy atom. The SMILES string of the molecule is O=C(NC(=O)c1ccc(Cl)cc1)Oc1ccccc1. The summed E-state index contributed by atoms with van der Waals surface area (Å²) in [5.74, 6) is -0.179. The van der Waals surface area contributed by atoms with E-state index in [1.54, 1.807) is 42.5 Å². The highest BCUT2D eigenvalue weighted by atomic mass is 35.5. The summed E-state index contributed by atoms with van der Waals surface area (Å²) in [6.45, 7) is 0. The van der Waals surface area contributed by atoms with E-state index in [1.165, 1.54) is 12.1 Å². The van der Waals surface area contributed by atoms with Crippen LogP contribution in [0.5, 0.6) is 5.75 Å². The lowest BCUT2D eigenvalue weighted by Crippen LogP contribution is -2.32. The van der Waals surface area contributed by atoms with Crippen LogP contribution in [0.25, 0.3) is 0 Å². The fourth-order valence-electron chi connectivity index (χ4n) is 1.39. The number of amides is 2. The second kappa shape index (κ2) is 6.02. The van der Waals surface area contributed by atoms with Crippen LogP contribution in [0.3, 0.4) is 0 Å². The van der Waals surface area contributed by atoms with Crippen molar-refractivity contribution < 1.29 is 14.3 Å². The number of rotatable bonds is 2. The lowest BCUT2D eigenvalue weighted by Gasteiger charge is -2.05. The molecule has 2 amide bonds. The van der Waals surface area contributed by atoms with Crippen molar-refractivity contribution in [3.63, 3.8) is 0 Å². The third kappa shape index (κ3) is 3.82. The van der Waals surface area contributed by atoms with E-state index < -0.39 is 12.0 Å². The predicted octanol–water partition coefficient (Wildman–Crippen LogP) is 3.27. The van der Waals surface area contributed by atoms with Gasteiger partial charge in [0.05, 0.1) is 0 Å². The minimum absolute atomic E-state index is 0.328. The van der Waals surface area contributed by atoms with Gasteiger partial charge in [-0.15, -0.1) is 0 Å². The molecule has 0 saturated heterocycles. The van der Waals surface area contributed by atoms with E-state index in [0.29, 0.717) is 16.3 Å². The monoisotopic (exact) mass is 275 g/mol. The van der Waals surface area contributed by atoms with Gasteiger partial charge in [-0.2, -0.15) is 0 Å². The van der Waals surface area contributed by atoms with Crippen LogP contribution in [-0.2, 0) is 0 Å². The smallest absolute Gasteiger partial charge is 0.410 e. The average molecular weight is 276 g/mol. The fraction of sp³-hybridized carbons (Fsp3) is 0. The molecule has 19 heavy (non-hydrogen) atoms. The highest BCUT2D eigenvalue weighted by Crippen LogP contribution is 2.10. The third-order valence-corrected chi connectivity index (χ3v) is 2.53. The lowest BCUT2D eigenvalue weighted by molar-refractivity contribution is 0.0951. The molecule has 0 radical (unpaired) electrons. The Morgan fingerprint density at radius 3 is 2.21 bits per heavy atom. The molecule has 0 aliphatic heterocycles. The van der Waals surface area contributed by atoms with Crippen LogP contribution in [0.1, 0.15) is 10.4 Å². The van der Waals surface area contributed by atoms with Crippen molar-refractivity contribution in [2.24, 2.45) is 0 Å². The molecule has 0 spiro atoms. The van der Waals surface area contributed by atoms with E-state index in [4.69, 9.17) is 16.3 Å². The van der Waals surface area contributed by atoms with Crippen LogP contribution in [-0.4, -0.2) is 12.0 Å². The number of hydrogen-bond donors (Lipinski definition) is 1. The van der Waals surface area contributed by atoms with E-state index >= 15 is 0 Å². The van der Waals surface area contributed by atoms with E-state index in [0.717, 1.165) is 0 Å². The Kier molecular flexibility index (Phi) is 4.15. The van der Waals surface area contributed by atoms with Crippen molar-refractivity contribution in [1.82, 2.24) is 5.32 Å². The first kappa shape index (κ1) is 13.1. The number of carbonyl (C=O) groups is 2. The van der Waals surface area contributed by atoms with Gasteiger partial charge in [0, 0.05) is 10.6 Å². The molecule has 0 saturated carbocycles. The first-order chi connectivity index (χ1) is 9.15. The third-order valence-electron chi connectivity index (χ3n) is 2.28. The molecule has 96 valence electrons. The van der Waals surface area contributed by atoms with Crippen LogP contribution in [0.4, 0.5) is 4.79 Å². The van der Waals surface area contributed by atoms with Gasteiger partial charge in [-0.25, -0.2) is 4.79 Å². The minimum atomic E-state index is -0.828. The van der Waals surface area contributed by atoms with E-state index in [-0.39, 0.29) is 0 Å². The molecule has 5 heteroatoms. The molecule has 2 aromatic carbocycles. The molecular formula is C14H10ClNO3. The second-order valence-electron chi connectivity index (χ2n) is 3.66. The number of hydrogen-bond acceptors (Lipinski definition) is 3. The summed E-state index contributed by atoms with van der Waals surface area (Å²) < 4.78 is 4.93. The topological polar surface area (TPSA) is 55.4 Å². The maximum Gasteiger partial charge on any atom is 0.419 e. The number of para-hydroxylation sites is 1. The maximum atomic E-state index is 11.7. The first-order valence-corrected chi connectivity index (χ1v) is 5.87. The Hall–Kier alpha value is -2.33. The van der Waals surface area contributed by atoms with Gasteiger partial charge in [0.25, 0.3) is 5.91 Å². The van der Waals surface area contributed by atoms with Gasteiger partial charge < -0.3 is 4.74 Å². The number of imide groups is 1. The van der Waals surface area contributed by atoms with Gasteiger partial charge in [-0.05, 0) is 36.4 Å². The van der Waals surface area contributed by atoms with Crippen molar-refractivity contribution in [3.05, 3.63) is 65.2 Å². The Morgan fingerprint density at radius 2 is 1.58 bits per heavy atom. The molecule has 2 rings (SSSR count). The zero-order chi connectivity index (χ0) is 13.7. The molecule has 0 aliphatic rings. The van der Waals surface area contributed by atoms with Crippen molar-refractivity contribution >= 4 is 23.6 Å². The standard InChI is InChI=1S/C14H10ClNO3/c15-11-8-6-10(7-9-11)13(17)16-14(18)19-12-4-2-1-3-5-12/h1-9H,(H,16,17,18). The van der Waals surface area contributed by atoms with Crippen LogP contribution >= 0.6 is 11.6 Å². The number of ether oxygens (including phenoxy) is 1. The predicted molar refractivity (Wildman–Crippen MR) is 71.4 cm³/mol. The van der Waals surface area contributed by atoms with Crippen LogP contribution < -0.4 is 10.1 Å². The molecule has 0 atom stereocenters. The average Bonchev–Trinajstić information content (AvgIpc) is 2.40. The number of nitrogens with one attached hydrogen (secondary N) is 1. The summed E-state index contributed by atoms with van der Waals surface area (Å²) in [7, 11) is 0. The van der Waals surface area contributed by atoms with Crippen molar-refractivity contribution in [3.8, 4) is 5.75 Å². The summed E-state index contributed by atoms with van der Waals surface area (Å²) in [5, 5.41) is 2.64. The quantitative estimate of drug-likeness (QED) is 0.915. The highest BCUT2D eigenvalue weighted by Gasteiger charge is 2.11. The molecule has 0 bridgehead atoms. The van der Waals surface area contributed by atoms with Crippen molar-refractivity contribution in [2.45, 2.75) is 0 Å². The maximum absolute atomic E-state index is 11.7. The van der Waals surface area contributed by atoms with Crippen LogP contribution in [0.15, 0.2) is 54.6 Å². The van der Waals surface area contributed by atoms with Crippen molar-refractivity contribution in [1.29, 1.82) is 0 Å². The molecule has 4 nitrogen and oxygen atoms in total. The van der Waals surface area contributed by atoms with Crippen LogP contribution in [0.2, 0.25) is 5.02 Å². The molecule has 0 unspecified atom stereocenters. The normalized spacial score (nSPS) is 9.74. The molecule has 0 fully saturated rings. The summed E-state index contributed by atoms with van der Waals surface area (Å²) in [6, 6.07) is 14.7. The molecule has 2 aromatic rings. The van der Waals surface area contributed by atoms with E-state index in [2.05, 4.69) is 5.32 Å². The molecule has 0 aliphatic carbocycles. The summed E-state index contributed by atoms with van der Waals surface area (Å²) in [4.78, 5) is 23.2. The summed E-state index contributed by atoms with van der Waals surface area (Å²) in [6.07, 6.45) is -0.828. The van der Waals surface area contributed by atoms with Gasteiger partial charge in [0.1, 0.15) is 5.75 Å². The number of halogens is 1. The Bertz CT molecular complexity index is 581. The molecule has 1 N–H and O–H groups in total. The Labute approximate surface area is 115 Å². The fourth-order valence-corrected chi connectivity index (χ4v) is 1.51. The summed E-state index contributed by atoms with van der Waals surface area (Å²) >= 11 is 5.71. The van der Waals surface area contributed by atoms with Gasteiger partial charge in [-0.1, -0.05) is 29.8 Å². The van der Waals surface area contributed by atoms with Gasteiger partial charge >= 0.3 is 6.09 Å². The zero-order valence-corrected chi connectivity index (χ0v) is 10.6. The largest absolute Gasteiger partial charge is 0.419 e. The second-order valence-corrected chi connectivity index (χ2v) is 4.10. The van der Waals surface area contributed by atoms with Gasteiger partial charge in [-0.3, -0.25) is 10.1 Å². The van der Waals surface area contributed by atoms with Gasteiger partial charge in [0.15, 0.2) is 0 Å². The summed E-state index contributed by atoms with van der Waals surface area (Å²) in [5.41, 5.74) is 0.328. The first-order valence-electron chi connectivity index (χ1n) is 5.49. The lowest BCUT2D eigenvalue weighted by atomic mass is 10.2. The van der Waals surface area contributed by atoms with E-state index in [1.807, 2.05) is 0 Å². The Balaban J connectivity index is 1.95. The van der Waals surface area contributed by atoms with Gasteiger partial charge in [0.2, 0.25) is 0 Å². The zero-order valence-electron chi connectivity index (χ0n) is 9.80. The minimum Gasteiger partial charge on any atom is -0.410 e. The highest BCUT2D eigenvalue weighted by molar-refractivity contribution is 6.30. The molecule has 0 aromatic heterocycles. The number of carbonyl (C=O) groups excluding carboxylic acids is 2.